The smallest absolute Gasteiger partial charge is 0.321 e. The number of nitrogens with one attached hydrogen (secondary N) is 4. The summed E-state index contributed by atoms with van der Waals surface area (Å²) in [6, 6.07) is 30.4. The second-order valence-corrected chi connectivity index (χ2v) is 9.23. The van der Waals surface area contributed by atoms with Crippen LogP contribution in [0.4, 0.5) is 10.6 Å². The van der Waals surface area contributed by atoms with Crippen molar-refractivity contribution in [3.05, 3.63) is 108 Å². The highest BCUT2D eigenvalue weighted by atomic mass is 16.2. The summed E-state index contributed by atoms with van der Waals surface area (Å²) in [7, 11) is 0. The lowest BCUT2D eigenvalue weighted by Gasteiger charge is -2.34. The van der Waals surface area contributed by atoms with Crippen LogP contribution >= 0.6 is 0 Å². The maximum absolute atomic E-state index is 13.4. The lowest BCUT2D eigenvalue weighted by atomic mass is 9.99. The predicted octanol–water partition coefficient (Wildman–Crippen LogP) is 4.66. The van der Waals surface area contributed by atoms with Gasteiger partial charge in [-0.15, -0.1) is 0 Å². The number of nitrogens with zero attached hydrogens (tertiary/aromatic N) is 2. The van der Waals surface area contributed by atoms with E-state index in [0.717, 1.165) is 16.7 Å². The Labute approximate surface area is 216 Å². The van der Waals surface area contributed by atoms with Crippen molar-refractivity contribution in [2.75, 3.05) is 5.32 Å². The van der Waals surface area contributed by atoms with Crippen molar-refractivity contribution in [3.8, 4) is 11.3 Å². The summed E-state index contributed by atoms with van der Waals surface area (Å²) < 4.78 is 1.61. The van der Waals surface area contributed by atoms with Crippen LogP contribution in [0.15, 0.2) is 97.1 Å². The third-order valence-corrected chi connectivity index (χ3v) is 6.70. The van der Waals surface area contributed by atoms with Crippen LogP contribution in [0, 0.1) is 5.92 Å². The van der Waals surface area contributed by atoms with Gasteiger partial charge < -0.3 is 10.6 Å². The van der Waals surface area contributed by atoms with Crippen molar-refractivity contribution in [1.82, 2.24) is 25.7 Å². The highest BCUT2D eigenvalue weighted by Gasteiger charge is 2.32. The third-order valence-electron chi connectivity index (χ3n) is 6.70. The van der Waals surface area contributed by atoms with Crippen molar-refractivity contribution in [3.63, 3.8) is 0 Å². The minimum Gasteiger partial charge on any atom is -0.327 e. The molecule has 8 heteroatoms. The number of urea groups is 1. The molecule has 0 radical (unpaired) electrons. The van der Waals surface area contributed by atoms with Crippen molar-refractivity contribution in [2.45, 2.75) is 32.2 Å². The maximum atomic E-state index is 13.4. The second kappa shape index (κ2) is 10.7. The molecule has 0 aliphatic carbocycles. The van der Waals surface area contributed by atoms with E-state index in [4.69, 9.17) is 5.10 Å². The number of carbonyl (C=O) groups is 2. The predicted molar refractivity (Wildman–Crippen MR) is 143 cm³/mol. The molecule has 37 heavy (non-hydrogen) atoms. The monoisotopic (exact) mass is 494 g/mol. The lowest BCUT2D eigenvalue weighted by molar-refractivity contribution is -0.130. The molecular weight excluding hydrogens is 464 g/mol. The summed E-state index contributed by atoms with van der Waals surface area (Å²) in [6.45, 7) is 3.84. The van der Waals surface area contributed by atoms with Gasteiger partial charge in [0.25, 0.3) is 0 Å². The van der Waals surface area contributed by atoms with E-state index < -0.39 is 6.29 Å². The van der Waals surface area contributed by atoms with Gasteiger partial charge in [0.2, 0.25) is 5.91 Å². The van der Waals surface area contributed by atoms with Gasteiger partial charge in [0.15, 0.2) is 6.29 Å². The van der Waals surface area contributed by atoms with Crippen molar-refractivity contribution in [1.29, 1.82) is 0 Å². The van der Waals surface area contributed by atoms with Crippen LogP contribution in [-0.2, 0) is 4.79 Å². The normalized spacial score (nSPS) is 19.3. The first-order valence-electron chi connectivity index (χ1n) is 12.4. The highest BCUT2D eigenvalue weighted by Crippen LogP contribution is 2.26. The van der Waals surface area contributed by atoms with Gasteiger partial charge in [0, 0.05) is 17.7 Å². The first kappa shape index (κ1) is 24.3. The van der Waals surface area contributed by atoms with Gasteiger partial charge in [-0.1, -0.05) is 97.9 Å². The standard InChI is InChI=1S/C29H30N6O2/c1-19-20(2)30-28(33-27(19)36)35-25(18-24(34-35)21-12-6-3-7-13-21)31-29(37)32-26(22-14-8-4-9-15-22)23-16-10-5-11-17-23/h3-20,26,28,30H,1-2H3,(H,33,36)(H2,31,32,37). The molecule has 188 valence electrons. The van der Waals surface area contributed by atoms with Crippen LogP contribution in [0.2, 0.25) is 0 Å². The van der Waals surface area contributed by atoms with Crippen LogP contribution < -0.4 is 21.3 Å². The molecule has 2 heterocycles. The minimum absolute atomic E-state index is 0.0645. The molecule has 0 saturated carbocycles. The summed E-state index contributed by atoms with van der Waals surface area (Å²) in [5, 5.41) is 17.2. The summed E-state index contributed by atoms with van der Waals surface area (Å²) in [4.78, 5) is 25.9. The third kappa shape index (κ3) is 5.39. The number of anilines is 1. The van der Waals surface area contributed by atoms with Crippen molar-refractivity contribution in [2.24, 2.45) is 5.92 Å². The summed E-state index contributed by atoms with van der Waals surface area (Å²) in [5.41, 5.74) is 3.51. The van der Waals surface area contributed by atoms with E-state index in [1.165, 1.54) is 0 Å². The van der Waals surface area contributed by atoms with Gasteiger partial charge in [-0.05, 0) is 18.1 Å². The molecule has 3 aromatic carbocycles. The van der Waals surface area contributed by atoms with Crippen LogP contribution in [0.25, 0.3) is 11.3 Å². The Balaban J connectivity index is 1.44. The van der Waals surface area contributed by atoms with E-state index in [0.29, 0.717) is 11.5 Å². The van der Waals surface area contributed by atoms with E-state index in [-0.39, 0.29) is 29.9 Å². The molecule has 8 nitrogen and oxygen atoms in total. The Morgan fingerprint density at radius 1 is 0.892 bits per heavy atom. The number of rotatable bonds is 6. The molecule has 3 atom stereocenters. The number of aromatic nitrogens is 2. The molecule has 1 aromatic heterocycles. The van der Waals surface area contributed by atoms with E-state index >= 15 is 0 Å². The summed E-state index contributed by atoms with van der Waals surface area (Å²) in [6.07, 6.45) is -0.606. The maximum Gasteiger partial charge on any atom is 0.321 e. The van der Waals surface area contributed by atoms with Crippen LogP contribution in [0.1, 0.15) is 37.3 Å². The fourth-order valence-corrected chi connectivity index (χ4v) is 4.43. The minimum atomic E-state index is -0.606. The Hall–Kier alpha value is -4.43. The van der Waals surface area contributed by atoms with Crippen LogP contribution in [0.5, 0.6) is 0 Å². The number of carbonyl (C=O) groups excluding carboxylic acids is 2. The average molecular weight is 495 g/mol. The molecular formula is C29H30N6O2. The average Bonchev–Trinajstić information content (AvgIpc) is 3.35. The number of benzene rings is 3. The van der Waals surface area contributed by atoms with Gasteiger partial charge in [-0.3, -0.25) is 15.4 Å². The zero-order valence-corrected chi connectivity index (χ0v) is 20.8. The Morgan fingerprint density at radius 2 is 1.46 bits per heavy atom. The number of hydrogen-bond donors (Lipinski definition) is 4. The molecule has 4 aromatic rings. The first-order valence-corrected chi connectivity index (χ1v) is 12.4. The quantitative estimate of drug-likeness (QED) is 0.313. The highest BCUT2D eigenvalue weighted by molar-refractivity contribution is 5.90. The van der Waals surface area contributed by atoms with E-state index in [2.05, 4.69) is 21.3 Å². The molecule has 1 saturated heterocycles. The van der Waals surface area contributed by atoms with E-state index in [1.54, 1.807) is 4.68 Å². The molecule has 0 bridgehead atoms. The Kier molecular flexibility index (Phi) is 7.00. The van der Waals surface area contributed by atoms with Gasteiger partial charge in [0.05, 0.1) is 17.7 Å². The lowest BCUT2D eigenvalue weighted by Crippen LogP contribution is -2.57. The van der Waals surface area contributed by atoms with Crippen molar-refractivity contribution >= 4 is 17.8 Å². The first-order chi connectivity index (χ1) is 18.0. The van der Waals surface area contributed by atoms with Gasteiger partial charge in [-0.25, -0.2) is 9.48 Å². The largest absolute Gasteiger partial charge is 0.327 e. The SMILES string of the molecule is CC1NC(n2nc(-c3ccccc3)cc2NC(=O)NC(c2ccccc2)c2ccccc2)NC(=O)C1C. The second-order valence-electron chi connectivity index (χ2n) is 9.23. The van der Waals surface area contributed by atoms with Gasteiger partial charge >= 0.3 is 6.03 Å². The molecule has 3 amide bonds. The summed E-state index contributed by atoms with van der Waals surface area (Å²) >= 11 is 0. The van der Waals surface area contributed by atoms with Crippen molar-refractivity contribution < 1.29 is 9.59 Å². The molecule has 1 aliphatic heterocycles. The number of amides is 3. The zero-order valence-electron chi connectivity index (χ0n) is 20.8. The van der Waals surface area contributed by atoms with Gasteiger partial charge in [0.1, 0.15) is 5.82 Å². The molecule has 5 rings (SSSR count). The Bertz CT molecular complexity index is 1320. The molecule has 1 aliphatic rings. The zero-order chi connectivity index (χ0) is 25.8. The molecule has 4 N–H and O–H groups in total. The topological polar surface area (TPSA) is 100 Å². The van der Waals surface area contributed by atoms with Crippen LogP contribution in [-0.4, -0.2) is 27.8 Å². The fourth-order valence-electron chi connectivity index (χ4n) is 4.43. The van der Waals surface area contributed by atoms with Gasteiger partial charge in [-0.2, -0.15) is 5.10 Å². The van der Waals surface area contributed by atoms with E-state index in [1.807, 2.05) is 111 Å². The molecule has 0 spiro atoms. The van der Waals surface area contributed by atoms with Crippen LogP contribution in [0.3, 0.4) is 0 Å². The summed E-state index contributed by atoms with van der Waals surface area (Å²) in [5.74, 6) is 0.199. The number of hydrogen-bond acceptors (Lipinski definition) is 4. The molecule has 3 unspecified atom stereocenters. The van der Waals surface area contributed by atoms with E-state index in [9.17, 15) is 9.59 Å². The molecule has 1 fully saturated rings. The Morgan fingerprint density at radius 3 is 2.03 bits per heavy atom. The fraction of sp³-hybridized carbons (Fsp3) is 0.207.